The van der Waals surface area contributed by atoms with Gasteiger partial charge in [-0.25, -0.2) is 4.79 Å². The molecule has 0 radical (unpaired) electrons. The summed E-state index contributed by atoms with van der Waals surface area (Å²) in [7, 11) is 1.80. The highest BCUT2D eigenvalue weighted by atomic mass is 32.1. The lowest BCUT2D eigenvalue weighted by Gasteiger charge is -2.32. The highest BCUT2D eigenvalue weighted by molar-refractivity contribution is 7.80. The van der Waals surface area contributed by atoms with Gasteiger partial charge in [0.05, 0.1) is 4.92 Å². The van der Waals surface area contributed by atoms with E-state index in [0.717, 1.165) is 0 Å². The van der Waals surface area contributed by atoms with Crippen LogP contribution >= 0.6 is 12.2 Å². The van der Waals surface area contributed by atoms with Crippen LogP contribution in [0.5, 0.6) is 5.75 Å². The summed E-state index contributed by atoms with van der Waals surface area (Å²) in [5.41, 5.74) is 0.123. The van der Waals surface area contributed by atoms with Gasteiger partial charge in [-0.1, -0.05) is 6.07 Å². The molecule has 2 rings (SSSR count). The molecular weight excluding hydrogens is 446 g/mol. The molecule has 13 heteroatoms. The molecule has 1 aromatic rings. The van der Waals surface area contributed by atoms with Crippen LogP contribution in [0.3, 0.4) is 0 Å². The average molecular weight is 471 g/mol. The van der Waals surface area contributed by atoms with Crippen LogP contribution in [0.2, 0.25) is 0 Å². The van der Waals surface area contributed by atoms with E-state index >= 15 is 0 Å². The molecule has 0 aromatic heterocycles. The number of hydrogen-bond acceptors (Lipinski definition) is 10. The summed E-state index contributed by atoms with van der Waals surface area (Å²) < 4.78 is 21.4. The average Bonchev–Trinajstić information content (AvgIpc) is 2.72. The fourth-order valence-corrected chi connectivity index (χ4v) is 3.10. The van der Waals surface area contributed by atoms with Gasteiger partial charge in [0.2, 0.25) is 6.29 Å². The molecule has 12 nitrogen and oxygen atoms in total. The van der Waals surface area contributed by atoms with E-state index in [4.69, 9.17) is 31.2 Å². The van der Waals surface area contributed by atoms with Crippen molar-refractivity contribution in [3.8, 4) is 5.75 Å². The number of nitrogens with zero attached hydrogens (tertiary/aromatic N) is 1. The first-order valence-corrected chi connectivity index (χ1v) is 10.1. The number of rotatable bonds is 10. The molecule has 176 valence electrons. The Labute approximate surface area is 189 Å². The molecule has 0 aliphatic carbocycles. The Bertz CT molecular complexity index is 851. The third-order valence-corrected chi connectivity index (χ3v) is 4.61. The van der Waals surface area contributed by atoms with Crippen molar-refractivity contribution in [3.63, 3.8) is 0 Å². The Morgan fingerprint density at radius 2 is 2.09 bits per heavy atom. The summed E-state index contributed by atoms with van der Waals surface area (Å²) in [5, 5.41) is 26.8. The van der Waals surface area contributed by atoms with Crippen LogP contribution < -0.4 is 15.4 Å². The van der Waals surface area contributed by atoms with Crippen LogP contribution in [-0.2, 0) is 30.4 Å². The maximum Gasteiger partial charge on any atom is 0.333 e. The highest BCUT2D eigenvalue weighted by Gasteiger charge is 2.37. The van der Waals surface area contributed by atoms with E-state index in [2.05, 4.69) is 10.6 Å². The SMILES string of the molecule is CNCCNC(=S)OCc1ccc(O[C@H]2C[C@@H](OC(C)=O)C[C@@H](C(=O)O)O2)c([N+](=O)[O-])c1. The number of nitro benzene ring substituents is 1. The Morgan fingerprint density at radius 3 is 2.72 bits per heavy atom. The number of ether oxygens (including phenoxy) is 4. The van der Waals surface area contributed by atoms with Crippen molar-refractivity contribution in [2.45, 2.75) is 44.9 Å². The van der Waals surface area contributed by atoms with Crippen molar-refractivity contribution >= 4 is 35.0 Å². The van der Waals surface area contributed by atoms with E-state index in [9.17, 15) is 24.8 Å². The first kappa shape index (κ1) is 25.2. The van der Waals surface area contributed by atoms with Gasteiger partial charge in [-0.3, -0.25) is 14.9 Å². The van der Waals surface area contributed by atoms with Crippen LogP contribution in [0.25, 0.3) is 0 Å². The second kappa shape index (κ2) is 12.1. The third-order valence-electron chi connectivity index (χ3n) is 4.35. The maximum atomic E-state index is 11.5. The molecule has 1 aromatic carbocycles. The minimum Gasteiger partial charge on any atom is -0.479 e. The Balaban J connectivity index is 2.08. The van der Waals surface area contributed by atoms with Crippen LogP contribution in [0.15, 0.2) is 18.2 Å². The molecule has 0 unspecified atom stereocenters. The zero-order chi connectivity index (χ0) is 23.7. The summed E-state index contributed by atoms with van der Waals surface area (Å²) in [5.74, 6) is -1.95. The number of aliphatic carboxylic acids is 1. The van der Waals surface area contributed by atoms with Crippen LogP contribution in [0.1, 0.15) is 25.3 Å². The van der Waals surface area contributed by atoms with Crippen molar-refractivity contribution in [2.75, 3.05) is 20.1 Å². The molecule has 0 saturated carbocycles. The number of carbonyl (C=O) groups is 2. The van der Waals surface area contributed by atoms with Crippen LogP contribution in [-0.4, -0.2) is 65.8 Å². The first-order chi connectivity index (χ1) is 15.2. The van der Waals surface area contributed by atoms with E-state index in [1.807, 2.05) is 0 Å². The summed E-state index contributed by atoms with van der Waals surface area (Å²) in [6.45, 7) is 2.46. The number of carbonyl (C=O) groups excluding carboxylic acids is 1. The lowest BCUT2D eigenvalue weighted by Crippen LogP contribution is -2.43. The highest BCUT2D eigenvalue weighted by Crippen LogP contribution is 2.32. The topological polar surface area (TPSA) is 158 Å². The molecule has 0 amide bonds. The number of esters is 1. The monoisotopic (exact) mass is 471 g/mol. The number of hydrogen-bond donors (Lipinski definition) is 3. The number of nitrogens with one attached hydrogen (secondary N) is 2. The number of benzene rings is 1. The summed E-state index contributed by atoms with van der Waals surface area (Å²) in [6.07, 6.45) is -3.21. The molecule has 0 bridgehead atoms. The number of likely N-dealkylation sites (N-methyl/N-ethyl adjacent to an activating group) is 1. The number of thiocarbonyl (C=S) groups is 1. The zero-order valence-corrected chi connectivity index (χ0v) is 18.4. The lowest BCUT2D eigenvalue weighted by atomic mass is 10.0. The van der Waals surface area contributed by atoms with E-state index < -0.39 is 35.4 Å². The quantitative estimate of drug-likeness (QED) is 0.147. The third kappa shape index (κ3) is 7.90. The molecule has 0 spiro atoms. The molecule has 1 heterocycles. The zero-order valence-electron chi connectivity index (χ0n) is 17.6. The summed E-state index contributed by atoms with van der Waals surface area (Å²) in [4.78, 5) is 33.5. The molecule has 1 aliphatic rings. The Hall–Kier alpha value is -3.03. The lowest BCUT2D eigenvalue weighted by molar-refractivity contribution is -0.386. The van der Waals surface area contributed by atoms with Crippen LogP contribution in [0.4, 0.5) is 5.69 Å². The van der Waals surface area contributed by atoms with Gasteiger partial charge in [0.15, 0.2) is 11.9 Å². The molecule has 3 N–H and O–H groups in total. The van der Waals surface area contributed by atoms with Crippen molar-refractivity contribution in [1.82, 2.24) is 10.6 Å². The van der Waals surface area contributed by atoms with Gasteiger partial charge in [0.25, 0.3) is 5.17 Å². The van der Waals surface area contributed by atoms with Gasteiger partial charge < -0.3 is 34.7 Å². The van der Waals surface area contributed by atoms with Crippen molar-refractivity contribution in [1.29, 1.82) is 0 Å². The van der Waals surface area contributed by atoms with Crippen molar-refractivity contribution < 1.29 is 38.6 Å². The summed E-state index contributed by atoms with van der Waals surface area (Å²) in [6, 6.07) is 4.19. The Morgan fingerprint density at radius 1 is 1.34 bits per heavy atom. The van der Waals surface area contributed by atoms with Gasteiger partial charge in [-0.05, 0) is 30.9 Å². The normalized spacial score (nSPS) is 20.1. The second-order valence-electron chi connectivity index (χ2n) is 6.88. The number of nitro groups is 1. The number of carboxylic acids is 1. The number of carboxylic acid groups (broad SMARTS) is 1. The van der Waals surface area contributed by atoms with Gasteiger partial charge in [-0.2, -0.15) is 0 Å². The van der Waals surface area contributed by atoms with E-state index in [1.54, 1.807) is 13.1 Å². The van der Waals surface area contributed by atoms with E-state index in [1.165, 1.54) is 19.1 Å². The first-order valence-electron chi connectivity index (χ1n) is 9.74. The summed E-state index contributed by atoms with van der Waals surface area (Å²) >= 11 is 5.04. The smallest absolute Gasteiger partial charge is 0.333 e. The maximum absolute atomic E-state index is 11.5. The standard InChI is InChI=1S/C19H25N3O9S/c1-11(23)29-13-8-16(18(24)25)31-17(9-13)30-15-4-3-12(7-14(15)22(26)27)10-28-19(32)21-6-5-20-2/h3-4,7,13,16-17,20H,5-6,8-10H2,1-2H3,(H,21,32)(H,24,25)/t13-,16-,17+/m0/s1. The van der Waals surface area contributed by atoms with Crippen molar-refractivity contribution in [2.24, 2.45) is 0 Å². The molecular formula is C19H25N3O9S. The largest absolute Gasteiger partial charge is 0.479 e. The fourth-order valence-electron chi connectivity index (χ4n) is 2.94. The van der Waals surface area contributed by atoms with Crippen molar-refractivity contribution in [3.05, 3.63) is 33.9 Å². The molecule has 1 saturated heterocycles. The minimum atomic E-state index is -1.28. The van der Waals surface area contributed by atoms with Gasteiger partial charge in [0, 0.05) is 38.9 Å². The molecule has 3 atom stereocenters. The fraction of sp³-hybridized carbons (Fsp3) is 0.526. The predicted molar refractivity (Wildman–Crippen MR) is 114 cm³/mol. The predicted octanol–water partition coefficient (Wildman–Crippen LogP) is 1.11. The Kier molecular flexibility index (Phi) is 9.56. The van der Waals surface area contributed by atoms with Gasteiger partial charge >= 0.3 is 17.6 Å². The molecule has 32 heavy (non-hydrogen) atoms. The van der Waals surface area contributed by atoms with Gasteiger partial charge in [-0.15, -0.1) is 0 Å². The van der Waals surface area contributed by atoms with E-state index in [0.29, 0.717) is 18.7 Å². The second-order valence-corrected chi connectivity index (χ2v) is 7.25. The molecule has 1 aliphatic heterocycles. The van der Waals surface area contributed by atoms with Crippen LogP contribution in [0, 0.1) is 10.1 Å². The molecule has 1 fully saturated rings. The minimum absolute atomic E-state index is 0.00203. The van der Waals surface area contributed by atoms with Gasteiger partial charge in [0.1, 0.15) is 12.7 Å². The van der Waals surface area contributed by atoms with E-state index in [-0.39, 0.29) is 36.1 Å².